The van der Waals surface area contributed by atoms with Gasteiger partial charge in [-0.05, 0) is 56.5 Å². The molecule has 0 spiro atoms. The second-order valence-electron chi connectivity index (χ2n) is 4.91. The third-order valence-corrected chi connectivity index (χ3v) is 4.69. The van der Waals surface area contributed by atoms with Crippen molar-refractivity contribution in [2.45, 2.75) is 40.3 Å². The summed E-state index contributed by atoms with van der Waals surface area (Å²) in [7, 11) is 0. The molecule has 0 radical (unpaired) electrons. The van der Waals surface area contributed by atoms with Gasteiger partial charge in [0.2, 0.25) is 0 Å². The van der Waals surface area contributed by atoms with Crippen molar-refractivity contribution in [1.82, 2.24) is 5.32 Å². The van der Waals surface area contributed by atoms with Crippen molar-refractivity contribution in [2.24, 2.45) is 0 Å². The molecule has 0 fully saturated rings. The van der Waals surface area contributed by atoms with Crippen molar-refractivity contribution in [3.8, 4) is 0 Å². The van der Waals surface area contributed by atoms with E-state index >= 15 is 0 Å². The number of aryl methyl sites for hydroxylation is 2. The molecule has 1 atom stereocenters. The maximum absolute atomic E-state index is 3.61. The van der Waals surface area contributed by atoms with Crippen LogP contribution >= 0.6 is 11.3 Å². The Morgan fingerprint density at radius 3 is 2.56 bits per heavy atom. The van der Waals surface area contributed by atoms with Gasteiger partial charge in [0.15, 0.2) is 0 Å². The molecule has 2 rings (SSSR count). The molecule has 0 bridgehead atoms. The van der Waals surface area contributed by atoms with Crippen LogP contribution in [-0.2, 0) is 6.54 Å². The molecule has 2 heteroatoms. The minimum Gasteiger partial charge on any atom is -0.305 e. The highest BCUT2D eigenvalue weighted by Crippen LogP contribution is 2.23. The Balaban J connectivity index is 2.01. The number of thiophene rings is 1. The number of nitrogens with one attached hydrogen (secondary N) is 1. The molecule has 1 unspecified atom stereocenters. The van der Waals surface area contributed by atoms with Crippen LogP contribution in [0.3, 0.4) is 0 Å². The molecule has 1 aromatic heterocycles. The smallest absolute Gasteiger partial charge is 0.0388 e. The summed E-state index contributed by atoms with van der Waals surface area (Å²) in [6.45, 7) is 9.70. The first-order chi connectivity index (χ1) is 8.58. The van der Waals surface area contributed by atoms with Crippen LogP contribution in [-0.4, -0.2) is 0 Å². The van der Waals surface area contributed by atoms with E-state index < -0.39 is 0 Å². The van der Waals surface area contributed by atoms with E-state index in [0.717, 1.165) is 6.54 Å². The molecule has 0 aliphatic heterocycles. The summed E-state index contributed by atoms with van der Waals surface area (Å²) >= 11 is 1.88. The van der Waals surface area contributed by atoms with Gasteiger partial charge in [0, 0.05) is 22.3 Å². The van der Waals surface area contributed by atoms with Gasteiger partial charge in [-0.15, -0.1) is 11.3 Å². The Kier molecular flexibility index (Phi) is 4.20. The largest absolute Gasteiger partial charge is 0.305 e. The summed E-state index contributed by atoms with van der Waals surface area (Å²) in [5, 5.41) is 3.61. The van der Waals surface area contributed by atoms with E-state index in [1.807, 2.05) is 11.3 Å². The van der Waals surface area contributed by atoms with Gasteiger partial charge in [-0.25, -0.2) is 0 Å². The van der Waals surface area contributed by atoms with Crippen molar-refractivity contribution >= 4 is 11.3 Å². The first-order valence-electron chi connectivity index (χ1n) is 6.42. The summed E-state index contributed by atoms with van der Waals surface area (Å²) in [6.07, 6.45) is 0. The highest BCUT2D eigenvalue weighted by atomic mass is 32.1. The average Bonchev–Trinajstić information content (AvgIpc) is 2.77. The zero-order valence-corrected chi connectivity index (χ0v) is 12.4. The fourth-order valence-electron chi connectivity index (χ4n) is 2.05. The molecule has 1 aromatic carbocycles. The van der Waals surface area contributed by atoms with Crippen LogP contribution in [0.25, 0.3) is 0 Å². The van der Waals surface area contributed by atoms with Crippen LogP contribution in [0, 0.1) is 20.8 Å². The van der Waals surface area contributed by atoms with Crippen LogP contribution in [0.5, 0.6) is 0 Å². The summed E-state index contributed by atoms with van der Waals surface area (Å²) in [5.74, 6) is 0. The van der Waals surface area contributed by atoms with Crippen molar-refractivity contribution in [1.29, 1.82) is 0 Å². The summed E-state index contributed by atoms with van der Waals surface area (Å²) in [4.78, 5) is 2.79. The second-order valence-corrected chi connectivity index (χ2v) is 6.23. The lowest BCUT2D eigenvalue weighted by Gasteiger charge is -2.14. The zero-order chi connectivity index (χ0) is 13.1. The highest BCUT2D eigenvalue weighted by Gasteiger charge is 2.08. The fraction of sp³-hybridized carbons (Fsp3) is 0.375. The molecule has 0 saturated heterocycles. The first kappa shape index (κ1) is 13.3. The van der Waals surface area contributed by atoms with E-state index in [9.17, 15) is 0 Å². The standard InChI is InChI=1S/C16H21NS/c1-11-6-5-7-15(13(11)3)10-17-14(4)16-9-8-12(2)18-16/h5-9,14,17H,10H2,1-4H3. The van der Waals surface area contributed by atoms with E-state index in [0.29, 0.717) is 6.04 Å². The van der Waals surface area contributed by atoms with Crippen LogP contribution in [0.2, 0.25) is 0 Å². The summed E-state index contributed by atoms with van der Waals surface area (Å²) < 4.78 is 0. The number of hydrogen-bond donors (Lipinski definition) is 1. The van der Waals surface area contributed by atoms with Crippen LogP contribution in [0.4, 0.5) is 0 Å². The van der Waals surface area contributed by atoms with E-state index in [2.05, 4.69) is 63.3 Å². The molecule has 0 saturated carbocycles. The Morgan fingerprint density at radius 2 is 1.89 bits per heavy atom. The molecular formula is C16H21NS. The van der Waals surface area contributed by atoms with Gasteiger partial charge < -0.3 is 5.32 Å². The average molecular weight is 259 g/mol. The van der Waals surface area contributed by atoms with Crippen molar-refractivity contribution in [2.75, 3.05) is 0 Å². The van der Waals surface area contributed by atoms with Gasteiger partial charge in [-0.1, -0.05) is 18.2 Å². The third kappa shape index (κ3) is 3.01. The predicted octanol–water partition coefficient (Wildman–Crippen LogP) is 4.52. The molecule has 0 amide bonds. The monoisotopic (exact) mass is 259 g/mol. The molecule has 0 aliphatic carbocycles. The number of rotatable bonds is 4. The number of hydrogen-bond acceptors (Lipinski definition) is 2. The minimum atomic E-state index is 0.420. The maximum atomic E-state index is 3.61. The van der Waals surface area contributed by atoms with Gasteiger partial charge in [0.1, 0.15) is 0 Å². The van der Waals surface area contributed by atoms with Gasteiger partial charge in [-0.2, -0.15) is 0 Å². The topological polar surface area (TPSA) is 12.0 Å². The Morgan fingerprint density at radius 1 is 1.11 bits per heavy atom. The van der Waals surface area contributed by atoms with Gasteiger partial charge in [0.25, 0.3) is 0 Å². The minimum absolute atomic E-state index is 0.420. The Bertz CT molecular complexity index is 528. The lowest BCUT2D eigenvalue weighted by atomic mass is 10.0. The number of benzene rings is 1. The van der Waals surface area contributed by atoms with Crippen molar-refractivity contribution < 1.29 is 0 Å². The summed E-state index contributed by atoms with van der Waals surface area (Å²) in [5.41, 5.74) is 4.17. The van der Waals surface area contributed by atoms with Gasteiger partial charge in [-0.3, -0.25) is 0 Å². The maximum Gasteiger partial charge on any atom is 0.0388 e. The SMILES string of the molecule is Cc1ccc(C(C)NCc2cccc(C)c2C)s1. The van der Waals surface area contributed by atoms with Crippen LogP contribution in [0.15, 0.2) is 30.3 Å². The Hall–Kier alpha value is -1.12. The molecular weight excluding hydrogens is 238 g/mol. The lowest BCUT2D eigenvalue weighted by molar-refractivity contribution is 0.581. The van der Waals surface area contributed by atoms with Crippen molar-refractivity contribution in [3.63, 3.8) is 0 Å². The Labute approximate surface area is 114 Å². The van der Waals surface area contributed by atoms with Crippen LogP contribution < -0.4 is 5.32 Å². The van der Waals surface area contributed by atoms with Gasteiger partial charge in [0.05, 0.1) is 0 Å². The molecule has 18 heavy (non-hydrogen) atoms. The van der Waals surface area contributed by atoms with Gasteiger partial charge >= 0.3 is 0 Å². The third-order valence-electron chi connectivity index (χ3n) is 3.50. The first-order valence-corrected chi connectivity index (χ1v) is 7.24. The van der Waals surface area contributed by atoms with E-state index in [1.54, 1.807) is 0 Å². The molecule has 2 aromatic rings. The molecule has 0 aliphatic rings. The molecule has 1 nitrogen and oxygen atoms in total. The fourth-order valence-corrected chi connectivity index (χ4v) is 2.96. The van der Waals surface area contributed by atoms with Crippen LogP contribution in [0.1, 0.15) is 39.4 Å². The predicted molar refractivity (Wildman–Crippen MR) is 80.2 cm³/mol. The normalized spacial score (nSPS) is 12.7. The second kappa shape index (κ2) is 5.68. The molecule has 1 N–H and O–H groups in total. The summed E-state index contributed by atoms with van der Waals surface area (Å²) in [6, 6.07) is 11.4. The highest BCUT2D eigenvalue weighted by molar-refractivity contribution is 7.12. The lowest BCUT2D eigenvalue weighted by Crippen LogP contribution is -2.17. The van der Waals surface area contributed by atoms with E-state index in [4.69, 9.17) is 0 Å². The molecule has 1 heterocycles. The quantitative estimate of drug-likeness (QED) is 0.851. The van der Waals surface area contributed by atoms with Crippen molar-refractivity contribution in [3.05, 3.63) is 56.8 Å². The molecule has 96 valence electrons. The van der Waals surface area contributed by atoms with E-state index in [1.165, 1.54) is 26.4 Å². The van der Waals surface area contributed by atoms with E-state index in [-0.39, 0.29) is 0 Å². The zero-order valence-electron chi connectivity index (χ0n) is 11.6.